The molecule has 0 aromatic heterocycles. The Hall–Kier alpha value is 0.480. The molecule has 8 nitrogen and oxygen atoms in total. The van der Waals surface area contributed by atoms with Crippen molar-refractivity contribution in [3.05, 3.63) is 24.3 Å². The van der Waals surface area contributed by atoms with Gasteiger partial charge < -0.3 is 9.11 Å². The van der Waals surface area contributed by atoms with E-state index in [-0.39, 0.29) is 62.8 Å². The summed E-state index contributed by atoms with van der Waals surface area (Å²) in [6.07, 6.45) is 78.9. The first kappa shape index (κ1) is 81.7. The molecule has 77 heavy (non-hydrogen) atoms. The van der Waals surface area contributed by atoms with E-state index >= 15 is 0 Å². The third-order valence-electron chi connectivity index (χ3n) is 15.5. The second kappa shape index (κ2) is 67.3. The topological polar surface area (TPSA) is 133 Å². The molecule has 0 saturated heterocycles. The van der Waals surface area contributed by atoms with Gasteiger partial charge in [-0.15, -0.1) is 0 Å². The molecule has 11 heteroatoms. The zero-order valence-electron chi connectivity index (χ0n) is 51.9. The normalized spacial score (nSPS) is 12.9. The minimum Gasteiger partial charge on any atom is -0.726 e. The summed E-state index contributed by atoms with van der Waals surface area (Å²) < 4.78 is 74.7. The zero-order valence-corrected chi connectivity index (χ0v) is 55.7. The molecule has 0 aromatic rings. The Kier molecular flexibility index (Phi) is 71.4. The predicted molar refractivity (Wildman–Crippen MR) is 334 cm³/mol. The van der Waals surface area contributed by atoms with Crippen molar-refractivity contribution in [1.82, 2.24) is 0 Å². The summed E-state index contributed by atoms with van der Waals surface area (Å²) in [4.78, 5) is 0. The van der Waals surface area contributed by atoms with Crippen LogP contribution in [0.2, 0.25) is 0 Å². The van der Waals surface area contributed by atoms with E-state index in [1.807, 2.05) is 0 Å². The molecule has 2 atom stereocenters. The van der Waals surface area contributed by atoms with Gasteiger partial charge in [-0.2, -0.15) is 0 Å². The maximum Gasteiger partial charge on any atom is 2.00 e. The first-order valence-corrected chi connectivity index (χ1v) is 36.2. The van der Waals surface area contributed by atoms with Gasteiger partial charge in [0.1, 0.15) is 0 Å². The van der Waals surface area contributed by atoms with E-state index in [2.05, 4.69) is 60.4 Å². The van der Waals surface area contributed by atoms with Gasteiger partial charge in [-0.05, 0) is 38.5 Å². The van der Waals surface area contributed by atoms with Gasteiger partial charge in [0.2, 0.25) is 20.8 Å². The molecule has 0 aliphatic heterocycles. The van der Waals surface area contributed by atoms with E-state index in [9.17, 15) is 25.9 Å². The Balaban J connectivity index is -0.00000140. The van der Waals surface area contributed by atoms with Crippen LogP contribution in [0.15, 0.2) is 24.3 Å². The van der Waals surface area contributed by atoms with Gasteiger partial charge in [0, 0.05) is 11.8 Å². The van der Waals surface area contributed by atoms with Gasteiger partial charge >= 0.3 is 37.7 Å². The number of hydrogen-bond donors (Lipinski definition) is 0. The molecule has 0 aliphatic rings. The predicted octanol–water partition coefficient (Wildman–Crippen LogP) is 22.0. The van der Waals surface area contributed by atoms with Gasteiger partial charge in [0.15, 0.2) is 0 Å². The molecule has 0 saturated carbocycles. The van der Waals surface area contributed by atoms with E-state index < -0.39 is 20.8 Å². The van der Waals surface area contributed by atoms with Gasteiger partial charge in [-0.25, -0.2) is 16.8 Å². The smallest absolute Gasteiger partial charge is 0.726 e. The maximum absolute atomic E-state index is 10.9. The van der Waals surface area contributed by atoms with Crippen LogP contribution in [0.3, 0.4) is 0 Å². The molecule has 0 bridgehead atoms. The van der Waals surface area contributed by atoms with Gasteiger partial charge in [-0.3, -0.25) is 8.37 Å². The number of unbranched alkanes of at least 4 members (excludes halogenated alkanes) is 48. The molecule has 0 heterocycles. The summed E-state index contributed by atoms with van der Waals surface area (Å²) in [5.74, 6) is 0.0347. The summed E-state index contributed by atoms with van der Waals surface area (Å²) in [5.41, 5.74) is 0. The average molecular weight is 1160 g/mol. The van der Waals surface area contributed by atoms with E-state index in [0.29, 0.717) is 0 Å². The van der Waals surface area contributed by atoms with Crippen molar-refractivity contribution in [2.45, 2.75) is 374 Å². The number of rotatable bonds is 62. The van der Waals surface area contributed by atoms with E-state index in [0.717, 1.165) is 38.5 Å². The van der Waals surface area contributed by atoms with E-state index in [1.54, 1.807) is 0 Å². The molecule has 0 N–H and O–H groups in total. The van der Waals surface area contributed by atoms with Crippen molar-refractivity contribution in [3.63, 3.8) is 0 Å². The largest absolute Gasteiger partial charge is 2.00 e. The first-order chi connectivity index (χ1) is 37.0. The molecule has 0 radical (unpaired) electrons. The second-order valence-corrected chi connectivity index (χ2v) is 25.3. The van der Waals surface area contributed by atoms with Crippen LogP contribution in [-0.2, 0) is 29.2 Å². The molecule has 456 valence electrons. The van der Waals surface area contributed by atoms with Crippen molar-refractivity contribution in [2.75, 3.05) is 13.2 Å². The van der Waals surface area contributed by atoms with Crippen LogP contribution in [0.25, 0.3) is 0 Å². The average Bonchev–Trinajstić information content (AvgIpc) is 3.39. The number of allylic oxidation sites excluding steroid dienone is 2. The molecule has 0 spiro atoms. The zero-order chi connectivity index (χ0) is 56.0. The van der Waals surface area contributed by atoms with Gasteiger partial charge in [0.05, 0.1) is 13.2 Å². The molecule has 0 aromatic carbocycles. The van der Waals surface area contributed by atoms with Crippen molar-refractivity contribution in [2.24, 2.45) is 11.8 Å². The molecule has 0 rings (SSSR count). The molecular formula is C66H130CaO8S2. The van der Waals surface area contributed by atoms with Crippen LogP contribution in [0, 0.1) is 11.8 Å². The van der Waals surface area contributed by atoms with Crippen molar-refractivity contribution >= 4 is 58.5 Å². The summed E-state index contributed by atoms with van der Waals surface area (Å²) in [5, 5.41) is 0. The standard InChI is InChI=1S/2C33H66O4S.Ca/c2*1-3-5-7-9-11-13-15-17-19-21-23-25-27-29-31-33(32-37-38(34,35)36)30-28-26-24-22-20-18-16-14-12-10-8-6-4-2;/h2*28,30,33H,3-27,29,31-32H2,1-2H3,(H,34,35,36);/q;;+2/p-2/b2*30-28+;. The first-order valence-electron chi connectivity index (χ1n) is 33.5. The van der Waals surface area contributed by atoms with Gasteiger partial charge in [-0.1, -0.05) is 360 Å². The third kappa shape index (κ3) is 76.5. The third-order valence-corrected chi connectivity index (χ3v) is 16.3. The minimum absolute atomic E-state index is 0. The summed E-state index contributed by atoms with van der Waals surface area (Å²) in [6.45, 7) is 9.04. The number of hydrogen-bond acceptors (Lipinski definition) is 8. The van der Waals surface area contributed by atoms with Crippen LogP contribution in [0.5, 0.6) is 0 Å². The van der Waals surface area contributed by atoms with Crippen LogP contribution in [0.4, 0.5) is 0 Å². The molecule has 0 fully saturated rings. The Morgan fingerprint density at radius 2 is 0.455 bits per heavy atom. The Morgan fingerprint density at radius 3 is 0.636 bits per heavy atom. The fraction of sp³-hybridized carbons (Fsp3) is 0.939. The fourth-order valence-corrected chi connectivity index (χ4v) is 11.1. The monoisotopic (exact) mass is 1150 g/mol. The maximum atomic E-state index is 10.9. The fourth-order valence-electron chi connectivity index (χ4n) is 10.4. The van der Waals surface area contributed by atoms with E-state index in [4.69, 9.17) is 0 Å². The minimum atomic E-state index is -4.62. The second-order valence-electron chi connectivity index (χ2n) is 23.2. The summed E-state index contributed by atoms with van der Waals surface area (Å²) >= 11 is 0. The molecular weight excluding hydrogens is 1020 g/mol. The van der Waals surface area contributed by atoms with Crippen LogP contribution in [-0.4, -0.2) is 76.9 Å². The van der Waals surface area contributed by atoms with Gasteiger partial charge in [0.25, 0.3) is 0 Å². The van der Waals surface area contributed by atoms with Crippen molar-refractivity contribution in [3.8, 4) is 0 Å². The molecule has 0 aliphatic carbocycles. The summed E-state index contributed by atoms with van der Waals surface area (Å²) in [7, 11) is -9.24. The van der Waals surface area contributed by atoms with Crippen LogP contribution in [0.1, 0.15) is 374 Å². The quantitative estimate of drug-likeness (QED) is 0.0193. The Bertz CT molecular complexity index is 1290. The van der Waals surface area contributed by atoms with Crippen LogP contribution < -0.4 is 0 Å². The molecule has 2 unspecified atom stereocenters. The van der Waals surface area contributed by atoms with Crippen molar-refractivity contribution in [1.29, 1.82) is 0 Å². The van der Waals surface area contributed by atoms with Crippen LogP contribution >= 0.6 is 0 Å². The SMILES string of the molecule is CCCCCCCCCCCCC/C=C/C(CCCCCCCCCCCCCCCC)COS(=O)(=O)[O-].CCCCCCCCCCCCC/C=C/C(CCCCCCCCCCCCCCCC)COS(=O)(=O)[O-].[Ca+2]. The van der Waals surface area contributed by atoms with E-state index in [1.165, 1.54) is 308 Å². The van der Waals surface area contributed by atoms with Crippen molar-refractivity contribution < 1.29 is 34.3 Å². The Morgan fingerprint density at radius 1 is 0.286 bits per heavy atom. The summed E-state index contributed by atoms with van der Waals surface area (Å²) in [6, 6.07) is 0. The molecule has 0 amide bonds. The Labute approximate surface area is 512 Å².